The van der Waals surface area contributed by atoms with Crippen LogP contribution in [0.25, 0.3) is 16.9 Å². The van der Waals surface area contributed by atoms with E-state index in [0.717, 1.165) is 42.9 Å². The topological polar surface area (TPSA) is 69.0 Å². The van der Waals surface area contributed by atoms with Crippen LogP contribution in [0.3, 0.4) is 0 Å². The molecular weight excluding hydrogens is 344 g/mol. The predicted molar refractivity (Wildman–Crippen MR) is 101 cm³/mol. The zero-order chi connectivity index (χ0) is 18.8. The minimum absolute atomic E-state index is 0.0479. The van der Waals surface area contributed by atoms with Crippen molar-refractivity contribution in [2.75, 3.05) is 27.3 Å². The van der Waals surface area contributed by atoms with Crippen molar-refractivity contribution >= 4 is 11.6 Å². The summed E-state index contributed by atoms with van der Waals surface area (Å²) < 4.78 is 12.3. The molecule has 1 aliphatic rings. The quantitative estimate of drug-likeness (QED) is 0.710. The van der Waals surface area contributed by atoms with E-state index in [1.165, 1.54) is 6.42 Å². The third kappa shape index (κ3) is 3.32. The number of hydrogen-bond acceptors (Lipinski definition) is 5. The molecule has 4 rings (SSSR count). The smallest absolute Gasteiger partial charge is 0.274 e. The Bertz CT molecular complexity index is 959. The van der Waals surface area contributed by atoms with E-state index in [1.54, 1.807) is 24.8 Å². The van der Waals surface area contributed by atoms with Crippen molar-refractivity contribution in [1.29, 1.82) is 0 Å². The van der Waals surface area contributed by atoms with Crippen molar-refractivity contribution in [3.63, 3.8) is 0 Å². The molecule has 0 radical (unpaired) electrons. The second kappa shape index (κ2) is 7.26. The number of rotatable bonds is 4. The highest BCUT2D eigenvalue weighted by Crippen LogP contribution is 2.26. The molecule has 1 fully saturated rings. The predicted octanol–water partition coefficient (Wildman–Crippen LogP) is 3.04. The molecule has 140 valence electrons. The minimum Gasteiger partial charge on any atom is -0.497 e. The molecule has 1 aliphatic heterocycles. The Kier molecular flexibility index (Phi) is 4.66. The lowest BCUT2D eigenvalue weighted by Crippen LogP contribution is -2.35. The molecule has 0 spiro atoms. The Labute approximate surface area is 157 Å². The maximum atomic E-state index is 12.8. The summed E-state index contributed by atoms with van der Waals surface area (Å²) in [7, 11) is 3.22. The van der Waals surface area contributed by atoms with Crippen LogP contribution in [-0.2, 0) is 0 Å². The van der Waals surface area contributed by atoms with E-state index in [1.807, 2.05) is 35.2 Å². The molecule has 1 amide bonds. The van der Waals surface area contributed by atoms with Crippen LogP contribution in [0.15, 0.2) is 36.4 Å². The summed E-state index contributed by atoms with van der Waals surface area (Å²) in [5.74, 6) is 1.27. The van der Waals surface area contributed by atoms with Crippen molar-refractivity contribution in [3.8, 4) is 22.9 Å². The molecule has 7 heteroatoms. The number of methoxy groups -OCH3 is 2. The number of likely N-dealkylation sites (tertiary alicyclic amines) is 1. The van der Waals surface area contributed by atoms with Gasteiger partial charge < -0.3 is 14.4 Å². The third-order valence-electron chi connectivity index (χ3n) is 4.85. The number of ether oxygens (including phenoxy) is 2. The van der Waals surface area contributed by atoms with E-state index in [2.05, 4.69) is 10.1 Å². The number of piperidine rings is 1. The zero-order valence-electron chi connectivity index (χ0n) is 15.5. The van der Waals surface area contributed by atoms with Crippen molar-refractivity contribution in [2.24, 2.45) is 0 Å². The highest BCUT2D eigenvalue weighted by molar-refractivity contribution is 5.93. The number of nitrogens with zero attached hydrogens (tertiary/aromatic N) is 4. The first kappa shape index (κ1) is 17.3. The average Bonchev–Trinajstić information content (AvgIpc) is 3.17. The van der Waals surface area contributed by atoms with Gasteiger partial charge in [0.2, 0.25) is 5.88 Å². The molecular formula is C20H22N4O3. The molecule has 2 aromatic heterocycles. The maximum Gasteiger partial charge on any atom is 0.274 e. The maximum absolute atomic E-state index is 12.8. The SMILES string of the molecule is COc1ccc(-c2cc(OC)n3nc(C(=O)N4CCCCC4)cc3n2)cc1. The van der Waals surface area contributed by atoms with Crippen LogP contribution in [-0.4, -0.2) is 52.7 Å². The Morgan fingerprint density at radius 2 is 1.74 bits per heavy atom. The molecule has 0 aliphatic carbocycles. The Morgan fingerprint density at radius 1 is 1.00 bits per heavy atom. The van der Waals surface area contributed by atoms with E-state index in [9.17, 15) is 4.79 Å². The molecule has 7 nitrogen and oxygen atoms in total. The van der Waals surface area contributed by atoms with Gasteiger partial charge in [0.25, 0.3) is 5.91 Å². The van der Waals surface area contributed by atoms with E-state index in [-0.39, 0.29) is 5.91 Å². The fraction of sp³-hybridized carbons (Fsp3) is 0.350. The van der Waals surface area contributed by atoms with Crippen LogP contribution in [0.2, 0.25) is 0 Å². The normalized spacial score (nSPS) is 14.4. The molecule has 3 heterocycles. The van der Waals surface area contributed by atoms with Gasteiger partial charge in [-0.3, -0.25) is 4.79 Å². The highest BCUT2D eigenvalue weighted by Gasteiger charge is 2.22. The summed E-state index contributed by atoms with van der Waals surface area (Å²) in [5, 5.41) is 4.44. The van der Waals surface area contributed by atoms with Gasteiger partial charge in [-0.2, -0.15) is 9.61 Å². The van der Waals surface area contributed by atoms with Crippen LogP contribution in [0.1, 0.15) is 29.8 Å². The fourth-order valence-electron chi connectivity index (χ4n) is 3.37. The second-order valence-electron chi connectivity index (χ2n) is 6.56. The minimum atomic E-state index is -0.0479. The molecule has 1 aromatic carbocycles. The van der Waals surface area contributed by atoms with Crippen LogP contribution in [0, 0.1) is 0 Å². The summed E-state index contributed by atoms with van der Waals surface area (Å²) in [6.07, 6.45) is 3.26. The van der Waals surface area contributed by atoms with Gasteiger partial charge in [-0.1, -0.05) is 0 Å². The van der Waals surface area contributed by atoms with Crippen LogP contribution < -0.4 is 9.47 Å². The van der Waals surface area contributed by atoms with Gasteiger partial charge in [0.05, 0.1) is 19.9 Å². The highest BCUT2D eigenvalue weighted by atomic mass is 16.5. The van der Waals surface area contributed by atoms with E-state index in [0.29, 0.717) is 17.2 Å². The molecule has 0 N–H and O–H groups in total. The summed E-state index contributed by atoms with van der Waals surface area (Å²) in [4.78, 5) is 19.3. The average molecular weight is 366 g/mol. The van der Waals surface area contributed by atoms with E-state index >= 15 is 0 Å². The van der Waals surface area contributed by atoms with Gasteiger partial charge in [0.1, 0.15) is 5.75 Å². The molecule has 27 heavy (non-hydrogen) atoms. The second-order valence-corrected chi connectivity index (χ2v) is 6.56. The van der Waals surface area contributed by atoms with Gasteiger partial charge >= 0.3 is 0 Å². The summed E-state index contributed by atoms with van der Waals surface area (Å²) in [6, 6.07) is 11.2. The molecule has 0 saturated carbocycles. The number of amides is 1. The number of carbonyl (C=O) groups excluding carboxylic acids is 1. The lowest BCUT2D eigenvalue weighted by atomic mass is 10.1. The van der Waals surface area contributed by atoms with Gasteiger partial charge in [-0.25, -0.2) is 4.98 Å². The first-order chi connectivity index (χ1) is 13.2. The van der Waals surface area contributed by atoms with Gasteiger partial charge in [0.15, 0.2) is 11.3 Å². The van der Waals surface area contributed by atoms with Crippen molar-refractivity contribution in [3.05, 3.63) is 42.1 Å². The van der Waals surface area contributed by atoms with Crippen molar-refractivity contribution in [2.45, 2.75) is 19.3 Å². The Hall–Kier alpha value is -3.09. The third-order valence-corrected chi connectivity index (χ3v) is 4.85. The lowest BCUT2D eigenvalue weighted by Gasteiger charge is -2.25. The van der Waals surface area contributed by atoms with Crippen LogP contribution >= 0.6 is 0 Å². The zero-order valence-corrected chi connectivity index (χ0v) is 15.5. The molecule has 3 aromatic rings. The number of benzene rings is 1. The monoisotopic (exact) mass is 366 g/mol. The van der Waals surface area contributed by atoms with Crippen LogP contribution in [0.5, 0.6) is 11.6 Å². The summed E-state index contributed by atoms with van der Waals surface area (Å²) in [5.41, 5.74) is 2.66. The van der Waals surface area contributed by atoms with Gasteiger partial charge in [-0.05, 0) is 43.5 Å². The largest absolute Gasteiger partial charge is 0.497 e. The number of aromatic nitrogens is 3. The van der Waals surface area contributed by atoms with Crippen molar-refractivity contribution in [1.82, 2.24) is 19.5 Å². The number of fused-ring (bicyclic) bond motifs is 1. The number of hydrogen-bond donors (Lipinski definition) is 0. The van der Waals surface area contributed by atoms with Crippen molar-refractivity contribution < 1.29 is 14.3 Å². The first-order valence-corrected chi connectivity index (χ1v) is 9.08. The Morgan fingerprint density at radius 3 is 2.41 bits per heavy atom. The van der Waals surface area contributed by atoms with E-state index < -0.39 is 0 Å². The van der Waals surface area contributed by atoms with Gasteiger partial charge in [0, 0.05) is 30.8 Å². The first-order valence-electron chi connectivity index (χ1n) is 9.08. The lowest BCUT2D eigenvalue weighted by molar-refractivity contribution is 0.0718. The molecule has 0 bridgehead atoms. The molecule has 0 atom stereocenters. The van der Waals surface area contributed by atoms with Crippen LogP contribution in [0.4, 0.5) is 0 Å². The summed E-state index contributed by atoms with van der Waals surface area (Å²) in [6.45, 7) is 1.57. The Balaban J connectivity index is 1.72. The molecule has 0 unspecified atom stereocenters. The fourth-order valence-corrected chi connectivity index (χ4v) is 3.37. The number of carbonyl (C=O) groups is 1. The molecule has 1 saturated heterocycles. The van der Waals surface area contributed by atoms with Gasteiger partial charge in [-0.15, -0.1) is 0 Å². The summed E-state index contributed by atoms with van der Waals surface area (Å²) >= 11 is 0. The van der Waals surface area contributed by atoms with E-state index in [4.69, 9.17) is 9.47 Å². The standard InChI is InChI=1S/C20H22N4O3/c1-26-15-8-6-14(7-9-15)16-13-19(27-2)24-18(21-16)12-17(22-24)20(25)23-10-4-3-5-11-23/h6-9,12-13H,3-5,10-11H2,1-2H3.